The number of likely N-dealkylation sites (tertiary alicyclic amines) is 1. The minimum absolute atomic E-state index is 0.0106. The summed E-state index contributed by atoms with van der Waals surface area (Å²) in [4.78, 5) is 33.1. The fourth-order valence-corrected chi connectivity index (χ4v) is 4.45. The van der Waals surface area contributed by atoms with Gasteiger partial charge >= 0.3 is 0 Å². The molecule has 2 amide bonds. The molecule has 2 aromatic rings. The van der Waals surface area contributed by atoms with Crippen LogP contribution in [-0.4, -0.2) is 48.7 Å². The van der Waals surface area contributed by atoms with Crippen LogP contribution in [-0.2, 0) is 11.3 Å². The molecule has 2 aliphatic rings. The van der Waals surface area contributed by atoms with Gasteiger partial charge in [0.2, 0.25) is 11.8 Å². The summed E-state index contributed by atoms with van der Waals surface area (Å²) >= 11 is 1.53. The first-order valence-corrected chi connectivity index (χ1v) is 10.3. The Kier molecular flexibility index (Phi) is 5.45. The molecule has 8 heteroatoms. The van der Waals surface area contributed by atoms with E-state index in [1.807, 2.05) is 24.3 Å². The van der Waals surface area contributed by atoms with E-state index in [4.69, 9.17) is 4.42 Å². The third-order valence-corrected chi connectivity index (χ3v) is 6.01. The summed E-state index contributed by atoms with van der Waals surface area (Å²) in [7, 11) is 0. The standard InChI is InChI=1S/C19H22N4O3S/c24-18-13-27-16-6-2-1-5-15(16)23(18)11-17-21-14(12-26-17)19(25)20-7-10-22-8-3-4-9-22/h1-2,5-6,12H,3-4,7-11,13H2,(H,20,25)/p+1. The molecule has 0 radical (unpaired) electrons. The van der Waals surface area contributed by atoms with Crippen LogP contribution in [0.25, 0.3) is 0 Å². The van der Waals surface area contributed by atoms with E-state index in [2.05, 4.69) is 10.3 Å². The first-order chi connectivity index (χ1) is 13.2. The minimum Gasteiger partial charge on any atom is -0.446 e. The molecule has 0 saturated carbocycles. The van der Waals surface area contributed by atoms with Gasteiger partial charge in [0.05, 0.1) is 37.6 Å². The number of hydrogen-bond acceptors (Lipinski definition) is 5. The van der Waals surface area contributed by atoms with E-state index in [-0.39, 0.29) is 24.1 Å². The quantitative estimate of drug-likeness (QED) is 0.764. The molecule has 1 aromatic carbocycles. The first kappa shape index (κ1) is 18.1. The highest BCUT2D eigenvalue weighted by Crippen LogP contribution is 2.35. The number of rotatable bonds is 6. The van der Waals surface area contributed by atoms with Crippen LogP contribution in [0.3, 0.4) is 0 Å². The Bertz CT molecular complexity index is 832. The lowest BCUT2D eigenvalue weighted by Gasteiger charge is -2.27. The molecule has 1 saturated heterocycles. The van der Waals surface area contributed by atoms with Gasteiger partial charge in [0.1, 0.15) is 12.8 Å². The van der Waals surface area contributed by atoms with Crippen LogP contribution < -0.4 is 15.1 Å². The van der Waals surface area contributed by atoms with Crippen LogP contribution in [0.5, 0.6) is 0 Å². The van der Waals surface area contributed by atoms with E-state index in [1.54, 1.807) is 4.90 Å². The number of oxazole rings is 1. The molecule has 0 atom stereocenters. The fraction of sp³-hybridized carbons (Fsp3) is 0.421. The van der Waals surface area contributed by atoms with E-state index >= 15 is 0 Å². The zero-order valence-electron chi connectivity index (χ0n) is 15.1. The molecule has 7 nitrogen and oxygen atoms in total. The van der Waals surface area contributed by atoms with E-state index in [0.717, 1.165) is 17.1 Å². The number of nitrogens with one attached hydrogen (secondary N) is 2. The number of para-hydroxylation sites is 1. The molecule has 2 aliphatic heterocycles. The number of carbonyl (C=O) groups is 2. The van der Waals surface area contributed by atoms with Crippen LogP contribution in [0.4, 0.5) is 5.69 Å². The molecule has 0 unspecified atom stereocenters. The summed E-state index contributed by atoms with van der Waals surface area (Å²) in [5.41, 5.74) is 1.12. The maximum absolute atomic E-state index is 12.3. The second kappa shape index (κ2) is 8.14. The monoisotopic (exact) mass is 387 g/mol. The summed E-state index contributed by atoms with van der Waals surface area (Å²) in [6, 6.07) is 7.77. The Morgan fingerprint density at radius 2 is 2.11 bits per heavy atom. The zero-order valence-corrected chi connectivity index (χ0v) is 15.9. The van der Waals surface area contributed by atoms with E-state index in [1.165, 1.54) is 48.9 Å². The second-order valence-corrected chi connectivity index (χ2v) is 7.84. The lowest BCUT2D eigenvalue weighted by molar-refractivity contribution is -0.886. The second-order valence-electron chi connectivity index (χ2n) is 6.83. The van der Waals surface area contributed by atoms with E-state index in [0.29, 0.717) is 18.2 Å². The Labute approximate surface area is 162 Å². The number of amides is 2. The average molecular weight is 387 g/mol. The molecule has 0 bridgehead atoms. The summed E-state index contributed by atoms with van der Waals surface area (Å²) in [5, 5.41) is 2.90. The molecule has 1 aromatic heterocycles. The number of quaternary nitrogens is 1. The van der Waals surface area contributed by atoms with Crippen LogP contribution in [0, 0.1) is 0 Å². The predicted octanol–water partition coefficient (Wildman–Crippen LogP) is 0.722. The molecule has 1 fully saturated rings. The Morgan fingerprint density at radius 1 is 1.30 bits per heavy atom. The van der Waals surface area contributed by atoms with Gasteiger partial charge in [-0.05, 0) is 12.1 Å². The van der Waals surface area contributed by atoms with Crippen LogP contribution in [0.1, 0.15) is 29.2 Å². The third kappa shape index (κ3) is 4.17. The van der Waals surface area contributed by atoms with Crippen molar-refractivity contribution < 1.29 is 18.9 Å². The van der Waals surface area contributed by atoms with Crippen LogP contribution >= 0.6 is 11.8 Å². The molecule has 142 valence electrons. The highest BCUT2D eigenvalue weighted by Gasteiger charge is 2.26. The SMILES string of the molecule is O=C(NCC[NH+]1CCCC1)c1coc(CN2C(=O)CSc3ccccc32)n1. The van der Waals surface area contributed by atoms with Gasteiger partial charge in [-0.25, -0.2) is 4.98 Å². The Balaban J connectivity index is 1.36. The van der Waals surface area contributed by atoms with Gasteiger partial charge in [0, 0.05) is 17.7 Å². The van der Waals surface area contributed by atoms with Gasteiger partial charge in [-0.2, -0.15) is 0 Å². The third-order valence-electron chi connectivity index (χ3n) is 4.96. The maximum Gasteiger partial charge on any atom is 0.273 e. The number of carbonyl (C=O) groups excluding carboxylic acids is 2. The van der Waals surface area contributed by atoms with Gasteiger partial charge in [0.25, 0.3) is 5.91 Å². The van der Waals surface area contributed by atoms with Crippen molar-refractivity contribution in [2.24, 2.45) is 0 Å². The normalized spacial score (nSPS) is 17.2. The maximum atomic E-state index is 12.3. The number of anilines is 1. The highest BCUT2D eigenvalue weighted by molar-refractivity contribution is 8.00. The Hall–Kier alpha value is -2.32. The van der Waals surface area contributed by atoms with Crippen molar-refractivity contribution in [3.05, 3.63) is 42.1 Å². The van der Waals surface area contributed by atoms with E-state index in [9.17, 15) is 9.59 Å². The average Bonchev–Trinajstić information content (AvgIpc) is 3.36. The number of fused-ring (bicyclic) bond motifs is 1. The summed E-state index contributed by atoms with van der Waals surface area (Å²) in [6.07, 6.45) is 3.90. The first-order valence-electron chi connectivity index (χ1n) is 9.29. The molecule has 2 N–H and O–H groups in total. The van der Waals surface area contributed by atoms with Crippen LogP contribution in [0.2, 0.25) is 0 Å². The predicted molar refractivity (Wildman–Crippen MR) is 102 cm³/mol. The Morgan fingerprint density at radius 3 is 2.96 bits per heavy atom. The molecule has 3 heterocycles. The van der Waals surface area contributed by atoms with Gasteiger partial charge in [0.15, 0.2) is 5.69 Å². The molecular formula is C19H23N4O3S+. The molecule has 0 spiro atoms. The van der Waals surface area contributed by atoms with E-state index < -0.39 is 0 Å². The van der Waals surface area contributed by atoms with Crippen LogP contribution in [0.15, 0.2) is 39.8 Å². The smallest absolute Gasteiger partial charge is 0.273 e. The van der Waals surface area contributed by atoms with Crippen molar-refractivity contribution in [2.45, 2.75) is 24.3 Å². The number of aromatic nitrogens is 1. The minimum atomic E-state index is -0.232. The fourth-order valence-electron chi connectivity index (χ4n) is 3.52. The van der Waals surface area contributed by atoms with Gasteiger partial charge in [-0.3, -0.25) is 9.59 Å². The molecule has 0 aliphatic carbocycles. The molecular weight excluding hydrogens is 364 g/mol. The number of nitrogens with zero attached hydrogens (tertiary/aromatic N) is 2. The van der Waals surface area contributed by atoms with Crippen molar-refractivity contribution in [2.75, 3.05) is 36.8 Å². The largest absolute Gasteiger partial charge is 0.446 e. The van der Waals surface area contributed by atoms with Crippen molar-refractivity contribution >= 4 is 29.3 Å². The lowest BCUT2D eigenvalue weighted by Crippen LogP contribution is -3.10. The van der Waals surface area contributed by atoms with Gasteiger partial charge in [-0.1, -0.05) is 12.1 Å². The van der Waals surface area contributed by atoms with Crippen molar-refractivity contribution in [3.8, 4) is 0 Å². The highest BCUT2D eigenvalue weighted by atomic mass is 32.2. The van der Waals surface area contributed by atoms with Crippen molar-refractivity contribution in [3.63, 3.8) is 0 Å². The van der Waals surface area contributed by atoms with Gasteiger partial charge in [-0.15, -0.1) is 11.8 Å². The van der Waals surface area contributed by atoms with Gasteiger partial charge < -0.3 is 19.5 Å². The molecule has 27 heavy (non-hydrogen) atoms. The van der Waals surface area contributed by atoms with Crippen molar-refractivity contribution in [1.29, 1.82) is 0 Å². The lowest BCUT2D eigenvalue weighted by atomic mass is 10.2. The molecule has 4 rings (SSSR count). The number of thioether (sulfide) groups is 1. The summed E-state index contributed by atoms with van der Waals surface area (Å²) in [6.45, 7) is 4.17. The topological polar surface area (TPSA) is 79.9 Å². The number of benzene rings is 1. The zero-order chi connectivity index (χ0) is 18.6. The summed E-state index contributed by atoms with van der Waals surface area (Å²) in [5.74, 6) is 0.533. The number of hydrogen-bond donors (Lipinski definition) is 2. The van der Waals surface area contributed by atoms with Crippen molar-refractivity contribution in [1.82, 2.24) is 10.3 Å². The summed E-state index contributed by atoms with van der Waals surface area (Å²) < 4.78 is 5.45.